The monoisotopic (exact) mass is 205 g/mol. The summed E-state index contributed by atoms with van der Waals surface area (Å²) in [5.74, 6) is 0.565. The molecule has 0 saturated heterocycles. The van der Waals surface area contributed by atoms with Crippen molar-refractivity contribution in [3.63, 3.8) is 0 Å². The molecule has 0 heterocycles. The molecule has 0 aliphatic heterocycles. The predicted octanol–water partition coefficient (Wildman–Crippen LogP) is 1.72. The second kappa shape index (κ2) is 3.93. The molecule has 0 spiro atoms. The molecular weight excluding hydrogens is 190 g/mol. The van der Waals surface area contributed by atoms with Gasteiger partial charge in [-0.3, -0.25) is 4.79 Å². The Morgan fingerprint density at radius 2 is 2.00 bits per heavy atom. The fourth-order valence-corrected chi connectivity index (χ4v) is 1.80. The van der Waals surface area contributed by atoms with Gasteiger partial charge in [-0.05, 0) is 25.0 Å². The summed E-state index contributed by atoms with van der Waals surface area (Å²) in [6.45, 7) is 0.409. The van der Waals surface area contributed by atoms with E-state index in [4.69, 9.17) is 10.5 Å². The Balaban J connectivity index is 1.95. The molecule has 2 rings (SSSR count). The average molecular weight is 205 g/mol. The van der Waals surface area contributed by atoms with Gasteiger partial charge in [0, 0.05) is 0 Å². The zero-order chi connectivity index (χ0) is 10.7. The summed E-state index contributed by atoms with van der Waals surface area (Å²) in [7, 11) is 0. The molecule has 15 heavy (non-hydrogen) atoms. The molecule has 1 aromatic rings. The Morgan fingerprint density at radius 3 is 2.47 bits per heavy atom. The molecule has 1 aliphatic rings. The Morgan fingerprint density at radius 1 is 1.33 bits per heavy atom. The van der Waals surface area contributed by atoms with Crippen molar-refractivity contribution in [3.8, 4) is 5.75 Å². The molecule has 2 N–H and O–H groups in total. The molecule has 1 fully saturated rings. The molecule has 1 amide bonds. The smallest absolute Gasteiger partial charge is 0.227 e. The van der Waals surface area contributed by atoms with Crippen LogP contribution >= 0.6 is 0 Å². The lowest BCUT2D eigenvalue weighted by Crippen LogP contribution is -2.47. The van der Waals surface area contributed by atoms with Gasteiger partial charge in [0.2, 0.25) is 5.91 Å². The third kappa shape index (κ3) is 1.96. The summed E-state index contributed by atoms with van der Waals surface area (Å²) < 4.78 is 5.57. The topological polar surface area (TPSA) is 52.3 Å². The van der Waals surface area contributed by atoms with Gasteiger partial charge >= 0.3 is 0 Å². The molecule has 0 bridgehead atoms. The molecule has 0 aromatic heterocycles. The molecule has 80 valence electrons. The van der Waals surface area contributed by atoms with Gasteiger partial charge in [0.15, 0.2) is 0 Å². The first-order valence-corrected chi connectivity index (χ1v) is 5.21. The van der Waals surface area contributed by atoms with Crippen LogP contribution in [0.4, 0.5) is 0 Å². The number of amides is 1. The van der Waals surface area contributed by atoms with Crippen LogP contribution in [-0.4, -0.2) is 12.5 Å². The van der Waals surface area contributed by atoms with Crippen LogP contribution < -0.4 is 10.5 Å². The number of carbonyl (C=O) groups is 1. The van der Waals surface area contributed by atoms with Crippen LogP contribution in [0.3, 0.4) is 0 Å². The van der Waals surface area contributed by atoms with Crippen LogP contribution in [0.25, 0.3) is 0 Å². The zero-order valence-corrected chi connectivity index (χ0v) is 8.61. The number of hydrogen-bond acceptors (Lipinski definition) is 2. The fraction of sp³-hybridized carbons (Fsp3) is 0.417. The van der Waals surface area contributed by atoms with Crippen molar-refractivity contribution >= 4 is 5.91 Å². The maximum Gasteiger partial charge on any atom is 0.227 e. The lowest BCUT2D eigenvalue weighted by atomic mass is 9.69. The average Bonchev–Trinajstić information content (AvgIpc) is 2.17. The molecule has 3 nitrogen and oxygen atoms in total. The minimum atomic E-state index is -0.407. The molecule has 1 saturated carbocycles. The van der Waals surface area contributed by atoms with Gasteiger partial charge in [0.25, 0.3) is 0 Å². The van der Waals surface area contributed by atoms with E-state index < -0.39 is 5.41 Å². The van der Waals surface area contributed by atoms with Crippen LogP contribution in [0.15, 0.2) is 30.3 Å². The summed E-state index contributed by atoms with van der Waals surface area (Å²) in [6.07, 6.45) is 2.78. The van der Waals surface area contributed by atoms with E-state index in [1.165, 1.54) is 0 Å². The summed E-state index contributed by atoms with van der Waals surface area (Å²) in [6, 6.07) is 9.51. The number of primary amides is 1. The van der Waals surface area contributed by atoms with Gasteiger partial charge in [-0.1, -0.05) is 24.6 Å². The third-order valence-electron chi connectivity index (χ3n) is 3.09. The Bertz CT molecular complexity index is 344. The molecule has 0 radical (unpaired) electrons. The SMILES string of the molecule is NC(=O)C1(COc2ccccc2)CCC1. The van der Waals surface area contributed by atoms with Gasteiger partial charge in [-0.2, -0.15) is 0 Å². The highest BCUT2D eigenvalue weighted by Gasteiger charge is 2.43. The first kappa shape index (κ1) is 10.0. The molecule has 1 aliphatic carbocycles. The fourth-order valence-electron chi connectivity index (χ4n) is 1.80. The van der Waals surface area contributed by atoms with E-state index in [9.17, 15) is 4.79 Å². The van der Waals surface area contributed by atoms with Crippen molar-refractivity contribution < 1.29 is 9.53 Å². The third-order valence-corrected chi connectivity index (χ3v) is 3.09. The van der Waals surface area contributed by atoms with Crippen molar-refractivity contribution in [2.24, 2.45) is 11.1 Å². The molecule has 3 heteroatoms. The van der Waals surface area contributed by atoms with Crippen LogP contribution in [0.5, 0.6) is 5.75 Å². The second-order valence-electron chi connectivity index (χ2n) is 4.10. The normalized spacial score (nSPS) is 17.9. The first-order valence-electron chi connectivity index (χ1n) is 5.21. The maximum absolute atomic E-state index is 11.3. The van der Waals surface area contributed by atoms with E-state index in [1.807, 2.05) is 30.3 Å². The van der Waals surface area contributed by atoms with E-state index >= 15 is 0 Å². The standard InChI is InChI=1S/C12H15NO2/c13-11(14)12(7-4-8-12)9-15-10-5-2-1-3-6-10/h1-3,5-6H,4,7-9H2,(H2,13,14). The quantitative estimate of drug-likeness (QED) is 0.813. The Labute approximate surface area is 89.2 Å². The van der Waals surface area contributed by atoms with E-state index in [1.54, 1.807) is 0 Å². The minimum Gasteiger partial charge on any atom is -0.492 e. The summed E-state index contributed by atoms with van der Waals surface area (Å²) >= 11 is 0. The minimum absolute atomic E-state index is 0.232. The van der Waals surface area contributed by atoms with Gasteiger partial charge in [-0.15, -0.1) is 0 Å². The predicted molar refractivity (Wildman–Crippen MR) is 57.4 cm³/mol. The highest BCUT2D eigenvalue weighted by Crippen LogP contribution is 2.40. The van der Waals surface area contributed by atoms with Crippen molar-refractivity contribution in [1.82, 2.24) is 0 Å². The number of rotatable bonds is 4. The van der Waals surface area contributed by atoms with Crippen LogP contribution in [0, 0.1) is 5.41 Å². The number of hydrogen-bond donors (Lipinski definition) is 1. The van der Waals surface area contributed by atoms with Gasteiger partial charge < -0.3 is 10.5 Å². The number of ether oxygens (including phenoxy) is 1. The second-order valence-corrected chi connectivity index (χ2v) is 4.10. The number of para-hydroxylation sites is 1. The molecular formula is C12H15NO2. The van der Waals surface area contributed by atoms with Crippen molar-refractivity contribution in [2.75, 3.05) is 6.61 Å². The van der Waals surface area contributed by atoms with E-state index in [-0.39, 0.29) is 5.91 Å². The summed E-state index contributed by atoms with van der Waals surface area (Å²) in [5, 5.41) is 0. The summed E-state index contributed by atoms with van der Waals surface area (Å²) in [5.41, 5.74) is 4.97. The summed E-state index contributed by atoms with van der Waals surface area (Å²) in [4.78, 5) is 11.3. The van der Waals surface area contributed by atoms with Crippen molar-refractivity contribution in [1.29, 1.82) is 0 Å². The van der Waals surface area contributed by atoms with Crippen LogP contribution in [0.2, 0.25) is 0 Å². The van der Waals surface area contributed by atoms with Gasteiger partial charge in [-0.25, -0.2) is 0 Å². The Hall–Kier alpha value is -1.51. The number of benzene rings is 1. The Kier molecular flexibility index (Phi) is 2.62. The molecule has 0 unspecified atom stereocenters. The lowest BCUT2D eigenvalue weighted by Gasteiger charge is -2.38. The van der Waals surface area contributed by atoms with Gasteiger partial charge in [0.05, 0.1) is 5.41 Å². The van der Waals surface area contributed by atoms with Crippen molar-refractivity contribution in [2.45, 2.75) is 19.3 Å². The zero-order valence-electron chi connectivity index (χ0n) is 8.61. The van der Waals surface area contributed by atoms with Crippen LogP contribution in [-0.2, 0) is 4.79 Å². The highest BCUT2D eigenvalue weighted by molar-refractivity contribution is 5.81. The van der Waals surface area contributed by atoms with Crippen molar-refractivity contribution in [3.05, 3.63) is 30.3 Å². The highest BCUT2D eigenvalue weighted by atomic mass is 16.5. The number of nitrogens with two attached hydrogens (primary N) is 1. The molecule has 1 aromatic carbocycles. The van der Waals surface area contributed by atoms with E-state index in [0.717, 1.165) is 25.0 Å². The lowest BCUT2D eigenvalue weighted by molar-refractivity contribution is -0.134. The largest absolute Gasteiger partial charge is 0.492 e. The first-order chi connectivity index (χ1) is 7.23. The van der Waals surface area contributed by atoms with E-state index in [2.05, 4.69) is 0 Å². The van der Waals surface area contributed by atoms with E-state index in [0.29, 0.717) is 6.61 Å². The molecule has 0 atom stereocenters. The number of carbonyl (C=O) groups excluding carboxylic acids is 1. The maximum atomic E-state index is 11.3. The van der Waals surface area contributed by atoms with Crippen LogP contribution in [0.1, 0.15) is 19.3 Å². The van der Waals surface area contributed by atoms with Gasteiger partial charge in [0.1, 0.15) is 12.4 Å².